The second-order valence-electron chi connectivity index (χ2n) is 7.71. The van der Waals surface area contributed by atoms with Crippen molar-refractivity contribution >= 4 is 44.3 Å². The van der Waals surface area contributed by atoms with Crippen LogP contribution in [0.2, 0.25) is 0 Å². The number of carbonyl (C=O) groups is 1. The Morgan fingerprint density at radius 3 is 2.70 bits per heavy atom. The van der Waals surface area contributed by atoms with Gasteiger partial charge < -0.3 is 18.6 Å². The van der Waals surface area contributed by atoms with E-state index in [2.05, 4.69) is 25.8 Å². The summed E-state index contributed by atoms with van der Waals surface area (Å²) in [5.74, 6) is -0.102. The van der Waals surface area contributed by atoms with Gasteiger partial charge in [-0.15, -0.1) is 0 Å². The van der Waals surface area contributed by atoms with Crippen LogP contribution >= 0.6 is 15.9 Å². The zero-order valence-electron chi connectivity index (χ0n) is 17.7. The number of H-pyrrole nitrogens is 1. The molecule has 2 aromatic carbocycles. The molecule has 33 heavy (non-hydrogen) atoms. The van der Waals surface area contributed by atoms with Crippen molar-refractivity contribution in [3.05, 3.63) is 62.5 Å². The number of aromatic amines is 1. The van der Waals surface area contributed by atoms with E-state index in [0.29, 0.717) is 60.0 Å². The van der Waals surface area contributed by atoms with Gasteiger partial charge in [0.05, 0.1) is 5.52 Å². The first kappa shape index (κ1) is 23.8. The lowest BCUT2D eigenvalue weighted by atomic mass is 10.1. The number of fused-ring (bicyclic) bond motifs is 1. The van der Waals surface area contributed by atoms with E-state index in [0.717, 1.165) is 10.0 Å². The zero-order chi connectivity index (χ0) is 23.4. The largest absolute Gasteiger partial charge is 0.611 e. The molecule has 0 saturated carbocycles. The number of halogens is 2. The topological polar surface area (TPSA) is 102 Å². The molecule has 1 aliphatic heterocycles. The van der Waals surface area contributed by atoms with Crippen LogP contribution < -0.4 is 5.76 Å². The maximum atomic E-state index is 12.9. The molecular weight excluding hydrogens is 517 g/mol. The number of hydrogen-bond donors (Lipinski definition) is 1. The van der Waals surface area contributed by atoms with Gasteiger partial charge in [0.15, 0.2) is 10.5 Å². The number of aromatic nitrogens is 1. The average molecular weight is 540 g/mol. The van der Waals surface area contributed by atoms with Crippen LogP contribution in [-0.4, -0.2) is 63.9 Å². The summed E-state index contributed by atoms with van der Waals surface area (Å²) in [7, 11) is 0. The van der Waals surface area contributed by atoms with Crippen molar-refractivity contribution < 1.29 is 22.9 Å². The fourth-order valence-corrected chi connectivity index (χ4v) is 5.37. The van der Waals surface area contributed by atoms with Crippen LogP contribution in [0.3, 0.4) is 0 Å². The third-order valence-corrected chi connectivity index (χ3v) is 7.20. The van der Waals surface area contributed by atoms with Crippen LogP contribution in [0.1, 0.15) is 11.1 Å². The van der Waals surface area contributed by atoms with Crippen LogP contribution in [-0.2, 0) is 29.2 Å². The molecule has 1 atom stereocenters. The standard InChI is InChI=1S/C22H23BrFN3O5S/c23-17-10-15(13-24)9-16(11-17)14-31-22(29)27-5-3-26(4-6-27)7-8-33(30)18-1-2-19-20(12-18)32-21(28)25-19/h1-2,9-12H,3-8,13-14H2,(H,25,28). The van der Waals surface area contributed by atoms with Crippen LogP contribution in [0.5, 0.6) is 0 Å². The lowest BCUT2D eigenvalue weighted by molar-refractivity contribution is 0.0729. The van der Waals surface area contributed by atoms with Gasteiger partial charge in [-0.2, -0.15) is 0 Å². The normalized spacial score (nSPS) is 15.7. The van der Waals surface area contributed by atoms with Gasteiger partial charge in [-0.05, 0) is 52.6 Å². The van der Waals surface area contributed by atoms with Gasteiger partial charge in [0, 0.05) is 43.3 Å². The monoisotopic (exact) mass is 539 g/mol. The second-order valence-corrected chi connectivity index (χ2v) is 10.2. The van der Waals surface area contributed by atoms with E-state index in [1.165, 1.54) is 0 Å². The number of amides is 1. The molecule has 1 amide bonds. The molecule has 1 aliphatic rings. The molecular formula is C22H23BrFN3O5S. The summed E-state index contributed by atoms with van der Waals surface area (Å²) in [6.45, 7) is 2.46. The second kappa shape index (κ2) is 10.7. The minimum atomic E-state index is -1.23. The molecule has 8 nitrogen and oxygen atoms in total. The van der Waals surface area contributed by atoms with Gasteiger partial charge in [0.1, 0.15) is 19.0 Å². The van der Waals surface area contributed by atoms with Crippen molar-refractivity contribution in [2.75, 3.05) is 38.5 Å². The third kappa shape index (κ3) is 6.17. The van der Waals surface area contributed by atoms with Gasteiger partial charge in [-0.1, -0.05) is 15.9 Å². The minimum absolute atomic E-state index is 0.0794. The molecule has 4 rings (SSSR count). The van der Waals surface area contributed by atoms with Gasteiger partial charge in [0.25, 0.3) is 0 Å². The molecule has 176 valence electrons. The molecule has 0 bridgehead atoms. The molecule has 3 aromatic rings. The molecule has 1 aromatic heterocycles. The maximum Gasteiger partial charge on any atom is 0.417 e. The highest BCUT2D eigenvalue weighted by Crippen LogP contribution is 2.19. The highest BCUT2D eigenvalue weighted by molar-refractivity contribution is 9.10. The highest BCUT2D eigenvalue weighted by Gasteiger charge is 2.24. The predicted octanol–water partition coefficient (Wildman–Crippen LogP) is 3.42. The Morgan fingerprint density at radius 2 is 1.94 bits per heavy atom. The van der Waals surface area contributed by atoms with Gasteiger partial charge in [-0.3, -0.25) is 9.88 Å². The molecule has 1 N–H and O–H groups in total. The van der Waals surface area contributed by atoms with E-state index >= 15 is 0 Å². The van der Waals surface area contributed by atoms with Gasteiger partial charge in [-0.25, -0.2) is 14.0 Å². The Kier molecular flexibility index (Phi) is 7.74. The van der Waals surface area contributed by atoms with Crippen LogP contribution in [0.15, 0.2) is 55.0 Å². The summed E-state index contributed by atoms with van der Waals surface area (Å²) in [5.41, 5.74) is 2.22. The number of rotatable bonds is 7. The van der Waals surface area contributed by atoms with Gasteiger partial charge in [0.2, 0.25) is 0 Å². The Labute approximate surface area is 201 Å². The average Bonchev–Trinajstić information content (AvgIpc) is 3.20. The van der Waals surface area contributed by atoms with Crippen LogP contribution in [0.4, 0.5) is 9.18 Å². The maximum absolute atomic E-state index is 12.9. The molecule has 0 spiro atoms. The van der Waals surface area contributed by atoms with Gasteiger partial charge >= 0.3 is 11.8 Å². The molecule has 0 aliphatic carbocycles. The Morgan fingerprint density at radius 1 is 1.18 bits per heavy atom. The molecule has 0 radical (unpaired) electrons. The number of nitrogens with one attached hydrogen (secondary N) is 1. The lowest BCUT2D eigenvalue weighted by Crippen LogP contribution is -2.49. The molecule has 11 heteroatoms. The van der Waals surface area contributed by atoms with E-state index < -0.39 is 29.7 Å². The Bertz CT molecular complexity index is 1180. The summed E-state index contributed by atoms with van der Waals surface area (Å²) in [6, 6.07) is 10.2. The number of nitrogens with zero attached hydrogens (tertiary/aromatic N) is 2. The van der Waals surface area contributed by atoms with E-state index in [1.54, 1.807) is 41.3 Å². The summed E-state index contributed by atoms with van der Waals surface area (Å²) in [6.07, 6.45) is -0.402. The number of carbonyl (C=O) groups excluding carboxylic acids is 1. The lowest BCUT2D eigenvalue weighted by Gasteiger charge is -2.33. The molecule has 1 unspecified atom stereocenters. The van der Waals surface area contributed by atoms with E-state index in [1.807, 2.05) is 0 Å². The fraction of sp³-hybridized carbons (Fsp3) is 0.364. The molecule has 1 fully saturated rings. The fourth-order valence-electron chi connectivity index (χ4n) is 3.67. The third-order valence-electron chi connectivity index (χ3n) is 5.41. The van der Waals surface area contributed by atoms with E-state index in [9.17, 15) is 18.5 Å². The van der Waals surface area contributed by atoms with Crippen molar-refractivity contribution in [2.24, 2.45) is 0 Å². The number of ether oxygens (including phenoxy) is 1. The number of alkyl halides is 1. The van der Waals surface area contributed by atoms with Crippen LogP contribution in [0, 0.1) is 0 Å². The van der Waals surface area contributed by atoms with Crippen molar-refractivity contribution in [1.82, 2.24) is 14.8 Å². The first-order valence-corrected chi connectivity index (χ1v) is 12.5. The van der Waals surface area contributed by atoms with Crippen molar-refractivity contribution in [3.63, 3.8) is 0 Å². The predicted molar refractivity (Wildman–Crippen MR) is 125 cm³/mol. The smallest absolute Gasteiger partial charge is 0.417 e. The zero-order valence-corrected chi connectivity index (χ0v) is 20.1. The molecule has 2 heterocycles. The number of oxazole rings is 1. The summed E-state index contributed by atoms with van der Waals surface area (Å²) in [5, 5.41) is 0. The first-order valence-electron chi connectivity index (χ1n) is 10.4. The van der Waals surface area contributed by atoms with Crippen LogP contribution in [0.25, 0.3) is 11.1 Å². The number of hydrogen-bond acceptors (Lipinski definition) is 6. The summed E-state index contributed by atoms with van der Waals surface area (Å²) >= 11 is 2.10. The number of benzene rings is 2. The quantitative estimate of drug-likeness (QED) is 0.461. The van der Waals surface area contributed by atoms with E-state index in [-0.39, 0.29) is 6.61 Å². The summed E-state index contributed by atoms with van der Waals surface area (Å²) in [4.78, 5) is 30.6. The van der Waals surface area contributed by atoms with Crippen molar-refractivity contribution in [1.29, 1.82) is 0 Å². The highest BCUT2D eigenvalue weighted by atomic mass is 79.9. The van der Waals surface area contributed by atoms with Crippen molar-refractivity contribution in [3.8, 4) is 0 Å². The Balaban J connectivity index is 1.21. The minimum Gasteiger partial charge on any atom is -0.611 e. The summed E-state index contributed by atoms with van der Waals surface area (Å²) < 4.78 is 36.7. The van der Waals surface area contributed by atoms with Crippen molar-refractivity contribution in [2.45, 2.75) is 18.2 Å². The first-order chi connectivity index (χ1) is 15.9. The molecule has 1 saturated heterocycles. The number of piperazine rings is 1. The Hall–Kier alpha value is -2.34. The SMILES string of the molecule is O=C(OCc1cc(Br)cc(CF)c1)N1CCN(CC[S+]([O-])c2ccc3[nH]c(=O)oc3c2)CC1. The van der Waals surface area contributed by atoms with E-state index in [4.69, 9.17) is 9.15 Å².